The summed E-state index contributed by atoms with van der Waals surface area (Å²) >= 11 is 0. The number of phenolic OH excluding ortho intramolecular Hbond substituents is 1. The van der Waals surface area contributed by atoms with E-state index in [1.165, 1.54) is 18.2 Å². The molecule has 2 N–H and O–H groups in total. The normalized spacial score (nSPS) is 10.9. The Morgan fingerprint density at radius 2 is 2.12 bits per heavy atom. The van der Waals surface area contributed by atoms with Gasteiger partial charge < -0.3 is 10.2 Å². The van der Waals surface area contributed by atoms with Crippen LogP contribution in [0, 0.1) is 0 Å². The second kappa shape index (κ2) is 6.74. The third-order valence-electron chi connectivity index (χ3n) is 2.55. The Morgan fingerprint density at radius 3 is 2.76 bits per heavy atom. The summed E-state index contributed by atoms with van der Waals surface area (Å²) in [5, 5.41) is 18.3. The van der Waals surface area contributed by atoms with E-state index in [1.54, 1.807) is 0 Å². The van der Waals surface area contributed by atoms with E-state index in [2.05, 4.69) is 13.0 Å². The Balaban J connectivity index is 2.71. The average molecular weight is 234 g/mol. The molecule has 1 aromatic carbocycles. The lowest BCUT2D eigenvalue weighted by molar-refractivity contribution is 0.0696. The molecular weight excluding hydrogens is 216 g/mol. The van der Waals surface area contributed by atoms with Crippen LogP contribution in [0.3, 0.4) is 0 Å². The smallest absolute Gasteiger partial charge is 0.335 e. The first-order valence-electron chi connectivity index (χ1n) is 5.85. The number of phenols is 1. The number of benzene rings is 1. The van der Waals surface area contributed by atoms with E-state index in [0.29, 0.717) is 12.0 Å². The number of unbranched alkanes of at least 4 members (excludes halogenated alkanes) is 2. The van der Waals surface area contributed by atoms with Crippen molar-refractivity contribution in [1.29, 1.82) is 0 Å². The van der Waals surface area contributed by atoms with E-state index in [9.17, 15) is 9.90 Å². The van der Waals surface area contributed by atoms with Crippen molar-refractivity contribution in [3.05, 3.63) is 41.5 Å². The van der Waals surface area contributed by atoms with E-state index in [-0.39, 0.29) is 11.3 Å². The van der Waals surface area contributed by atoms with Crippen molar-refractivity contribution in [2.75, 3.05) is 0 Å². The number of hydrogen-bond acceptors (Lipinski definition) is 2. The van der Waals surface area contributed by atoms with Crippen molar-refractivity contribution in [3.63, 3.8) is 0 Å². The van der Waals surface area contributed by atoms with E-state index in [0.717, 1.165) is 19.3 Å². The summed E-state index contributed by atoms with van der Waals surface area (Å²) in [7, 11) is 0. The standard InChI is InChI=1S/C14H18O3/c1-2-3-4-5-6-7-11-10-12(15)8-9-13(11)14(16)17/h5-6,8-10,15H,2-4,7H2,1H3,(H,16,17). The lowest BCUT2D eigenvalue weighted by Gasteiger charge is -2.03. The lowest BCUT2D eigenvalue weighted by atomic mass is 10.0. The molecule has 0 saturated carbocycles. The van der Waals surface area contributed by atoms with Gasteiger partial charge in [0.05, 0.1) is 5.56 Å². The molecule has 0 atom stereocenters. The molecule has 0 heterocycles. The summed E-state index contributed by atoms with van der Waals surface area (Å²) in [6.07, 6.45) is 7.85. The molecule has 3 nitrogen and oxygen atoms in total. The van der Waals surface area contributed by atoms with E-state index in [4.69, 9.17) is 5.11 Å². The van der Waals surface area contributed by atoms with Gasteiger partial charge in [0.15, 0.2) is 0 Å². The van der Waals surface area contributed by atoms with Crippen LogP contribution < -0.4 is 0 Å². The van der Waals surface area contributed by atoms with Gasteiger partial charge in [-0.1, -0.05) is 31.9 Å². The maximum absolute atomic E-state index is 11.0. The number of allylic oxidation sites excluding steroid dienone is 2. The van der Waals surface area contributed by atoms with Crippen molar-refractivity contribution in [2.24, 2.45) is 0 Å². The fourth-order valence-electron chi connectivity index (χ4n) is 1.61. The highest BCUT2D eigenvalue weighted by molar-refractivity contribution is 5.89. The molecule has 17 heavy (non-hydrogen) atoms. The highest BCUT2D eigenvalue weighted by Crippen LogP contribution is 2.17. The molecule has 0 saturated heterocycles. The van der Waals surface area contributed by atoms with E-state index >= 15 is 0 Å². The van der Waals surface area contributed by atoms with Crippen LogP contribution in [0.25, 0.3) is 0 Å². The summed E-state index contributed by atoms with van der Waals surface area (Å²) in [4.78, 5) is 11.0. The molecule has 1 rings (SSSR count). The number of carboxylic acid groups (broad SMARTS) is 1. The van der Waals surface area contributed by atoms with Gasteiger partial charge in [0.2, 0.25) is 0 Å². The van der Waals surface area contributed by atoms with Crippen molar-refractivity contribution in [2.45, 2.75) is 32.6 Å². The zero-order valence-corrected chi connectivity index (χ0v) is 10.0. The summed E-state index contributed by atoms with van der Waals surface area (Å²) in [5.74, 6) is -0.853. The van der Waals surface area contributed by atoms with Gasteiger partial charge in [0.1, 0.15) is 5.75 Å². The number of carbonyl (C=O) groups is 1. The number of carboxylic acids is 1. The molecule has 0 spiro atoms. The summed E-state index contributed by atoms with van der Waals surface area (Å²) in [6.45, 7) is 2.13. The molecule has 3 heteroatoms. The fourth-order valence-corrected chi connectivity index (χ4v) is 1.61. The molecule has 0 radical (unpaired) electrons. The Bertz CT molecular complexity index is 408. The molecule has 0 aliphatic rings. The minimum atomic E-state index is -0.957. The molecule has 0 fully saturated rings. The minimum absolute atomic E-state index is 0.104. The summed E-state index contributed by atoms with van der Waals surface area (Å²) < 4.78 is 0. The second-order valence-electron chi connectivity index (χ2n) is 3.96. The fraction of sp³-hybridized carbons (Fsp3) is 0.357. The van der Waals surface area contributed by atoms with Crippen molar-refractivity contribution >= 4 is 5.97 Å². The Kier molecular flexibility index (Phi) is 5.27. The molecule has 0 bridgehead atoms. The third kappa shape index (κ3) is 4.31. The van der Waals surface area contributed by atoms with Crippen molar-refractivity contribution < 1.29 is 15.0 Å². The zero-order valence-electron chi connectivity index (χ0n) is 10.0. The zero-order chi connectivity index (χ0) is 12.7. The van der Waals surface area contributed by atoms with Gasteiger partial charge in [-0.25, -0.2) is 4.79 Å². The van der Waals surface area contributed by atoms with Crippen LogP contribution in [0.1, 0.15) is 42.1 Å². The second-order valence-corrected chi connectivity index (χ2v) is 3.96. The topological polar surface area (TPSA) is 57.5 Å². The number of aromatic carboxylic acids is 1. The third-order valence-corrected chi connectivity index (χ3v) is 2.55. The van der Waals surface area contributed by atoms with Crippen LogP contribution in [0.5, 0.6) is 5.75 Å². The number of aromatic hydroxyl groups is 1. The first kappa shape index (κ1) is 13.3. The molecule has 92 valence electrons. The van der Waals surface area contributed by atoms with Crippen LogP contribution in [0.15, 0.2) is 30.4 Å². The molecule has 0 aromatic heterocycles. The predicted octanol–water partition coefficient (Wildman–Crippen LogP) is 3.38. The van der Waals surface area contributed by atoms with Crippen LogP contribution in [0.4, 0.5) is 0 Å². The number of rotatable bonds is 6. The van der Waals surface area contributed by atoms with Gasteiger partial charge in [0.25, 0.3) is 0 Å². The minimum Gasteiger partial charge on any atom is -0.508 e. The molecular formula is C14H18O3. The molecule has 0 unspecified atom stereocenters. The first-order valence-corrected chi connectivity index (χ1v) is 5.85. The van der Waals surface area contributed by atoms with Crippen molar-refractivity contribution in [3.8, 4) is 5.75 Å². The van der Waals surface area contributed by atoms with Crippen LogP contribution in [-0.2, 0) is 6.42 Å². The van der Waals surface area contributed by atoms with Gasteiger partial charge >= 0.3 is 5.97 Å². The van der Waals surface area contributed by atoms with Gasteiger partial charge in [-0.3, -0.25) is 0 Å². The van der Waals surface area contributed by atoms with Crippen molar-refractivity contribution in [1.82, 2.24) is 0 Å². The van der Waals surface area contributed by atoms with E-state index < -0.39 is 5.97 Å². The molecule has 0 amide bonds. The largest absolute Gasteiger partial charge is 0.508 e. The average Bonchev–Trinajstić information content (AvgIpc) is 2.28. The predicted molar refractivity (Wildman–Crippen MR) is 67.4 cm³/mol. The molecule has 0 aliphatic carbocycles. The van der Waals surface area contributed by atoms with Gasteiger partial charge in [-0.15, -0.1) is 0 Å². The SMILES string of the molecule is CCCCC=CCc1cc(O)ccc1C(=O)O. The maximum Gasteiger partial charge on any atom is 0.335 e. The van der Waals surface area contributed by atoms with Gasteiger partial charge in [0, 0.05) is 0 Å². The van der Waals surface area contributed by atoms with E-state index in [1.807, 2.05) is 6.08 Å². The summed E-state index contributed by atoms with van der Waals surface area (Å²) in [6, 6.07) is 4.34. The van der Waals surface area contributed by atoms with Crippen LogP contribution >= 0.6 is 0 Å². The Morgan fingerprint density at radius 1 is 1.35 bits per heavy atom. The summed E-state index contributed by atoms with van der Waals surface area (Å²) in [5.41, 5.74) is 0.896. The quantitative estimate of drug-likeness (QED) is 0.586. The van der Waals surface area contributed by atoms with Gasteiger partial charge in [-0.2, -0.15) is 0 Å². The first-order chi connectivity index (χ1) is 8.15. The van der Waals surface area contributed by atoms with Crippen LogP contribution in [0.2, 0.25) is 0 Å². The van der Waals surface area contributed by atoms with Gasteiger partial charge in [-0.05, 0) is 36.6 Å². The molecule has 0 aliphatic heterocycles. The Labute approximate surface area is 101 Å². The monoisotopic (exact) mass is 234 g/mol. The lowest BCUT2D eigenvalue weighted by Crippen LogP contribution is -2.01. The van der Waals surface area contributed by atoms with Crippen LogP contribution in [-0.4, -0.2) is 16.2 Å². The highest BCUT2D eigenvalue weighted by atomic mass is 16.4. The maximum atomic E-state index is 11.0. The molecule has 1 aromatic rings. The number of hydrogen-bond donors (Lipinski definition) is 2. The highest BCUT2D eigenvalue weighted by Gasteiger charge is 2.08. The Hall–Kier alpha value is -1.77.